The van der Waals surface area contributed by atoms with Crippen LogP contribution in [-0.4, -0.2) is 16.2 Å². The minimum absolute atomic E-state index is 0.0337. The molecule has 2 heterocycles. The van der Waals surface area contributed by atoms with Gasteiger partial charge in [0.2, 0.25) is 0 Å². The van der Waals surface area contributed by atoms with Gasteiger partial charge in [0.1, 0.15) is 4.83 Å². The molecule has 3 nitrogen and oxygen atoms in total. The Morgan fingerprint density at radius 2 is 2.35 bits per heavy atom. The Kier molecular flexibility index (Phi) is 2.75. The van der Waals surface area contributed by atoms with Gasteiger partial charge in [0, 0.05) is 4.88 Å². The molecule has 0 saturated heterocycles. The third kappa shape index (κ3) is 1.81. The number of aromatic amines is 1. The van der Waals surface area contributed by atoms with Gasteiger partial charge in [-0.25, -0.2) is 4.98 Å². The van der Waals surface area contributed by atoms with Crippen LogP contribution in [0.15, 0.2) is 9.95 Å². The predicted molar refractivity (Wildman–Crippen MR) is 73.2 cm³/mol. The summed E-state index contributed by atoms with van der Waals surface area (Å²) in [5.41, 5.74) is 1.29. The molecule has 0 spiro atoms. The molecule has 1 aliphatic rings. The molecule has 5 heteroatoms. The Balaban J connectivity index is 2.28. The highest BCUT2D eigenvalue weighted by molar-refractivity contribution is 7.98. The summed E-state index contributed by atoms with van der Waals surface area (Å²) in [7, 11) is 0. The van der Waals surface area contributed by atoms with Crippen LogP contribution in [0.25, 0.3) is 10.2 Å². The number of aryl methyl sites for hydroxylation is 1. The van der Waals surface area contributed by atoms with Gasteiger partial charge in [0.15, 0.2) is 5.16 Å². The molecule has 0 unspecified atom stereocenters. The first-order valence-electron chi connectivity index (χ1n) is 5.77. The molecule has 2 aromatic rings. The highest BCUT2D eigenvalue weighted by atomic mass is 32.2. The zero-order chi connectivity index (χ0) is 12.0. The van der Waals surface area contributed by atoms with Crippen LogP contribution < -0.4 is 5.56 Å². The summed E-state index contributed by atoms with van der Waals surface area (Å²) in [5, 5.41) is 1.56. The molecule has 0 saturated carbocycles. The molecule has 90 valence electrons. The smallest absolute Gasteiger partial charge is 0.260 e. The van der Waals surface area contributed by atoms with Crippen molar-refractivity contribution >= 4 is 33.3 Å². The van der Waals surface area contributed by atoms with Crippen molar-refractivity contribution in [3.63, 3.8) is 0 Å². The van der Waals surface area contributed by atoms with Crippen LogP contribution in [0.1, 0.15) is 23.8 Å². The number of hydrogen-bond acceptors (Lipinski definition) is 4. The standard InChI is InChI=1S/C12H14N2OS2/c1-6-3-4-7-8(5-6)17-11-9(7)10(15)13-12(14-11)16-2/h6H,3-5H2,1-2H3,(H,13,14,15)/t6-/m0/s1. The Morgan fingerprint density at radius 1 is 1.53 bits per heavy atom. The van der Waals surface area contributed by atoms with Crippen LogP contribution in [0, 0.1) is 5.92 Å². The maximum absolute atomic E-state index is 12.1. The maximum Gasteiger partial charge on any atom is 0.260 e. The molecule has 0 bridgehead atoms. The lowest BCUT2D eigenvalue weighted by Gasteiger charge is -2.17. The lowest BCUT2D eigenvalue weighted by Crippen LogP contribution is -2.13. The van der Waals surface area contributed by atoms with Gasteiger partial charge in [-0.2, -0.15) is 0 Å². The minimum Gasteiger partial charge on any atom is -0.301 e. The summed E-state index contributed by atoms with van der Waals surface area (Å²) in [6.45, 7) is 2.28. The summed E-state index contributed by atoms with van der Waals surface area (Å²) in [5.74, 6) is 0.731. The van der Waals surface area contributed by atoms with Crippen molar-refractivity contribution in [2.75, 3.05) is 6.26 Å². The predicted octanol–water partition coefficient (Wildman–Crippen LogP) is 2.83. The number of thiophene rings is 1. The first kappa shape index (κ1) is 11.3. The number of fused-ring (bicyclic) bond motifs is 3. The molecule has 0 amide bonds. The minimum atomic E-state index is 0.0337. The van der Waals surface area contributed by atoms with Crippen LogP contribution in [0.3, 0.4) is 0 Å². The van der Waals surface area contributed by atoms with Gasteiger partial charge in [-0.15, -0.1) is 11.3 Å². The van der Waals surface area contributed by atoms with Crippen molar-refractivity contribution < 1.29 is 0 Å². The number of nitrogens with zero attached hydrogens (tertiary/aromatic N) is 1. The molecular formula is C12H14N2OS2. The molecule has 17 heavy (non-hydrogen) atoms. The topological polar surface area (TPSA) is 45.8 Å². The fraction of sp³-hybridized carbons (Fsp3) is 0.500. The normalized spacial score (nSPS) is 19.5. The largest absolute Gasteiger partial charge is 0.301 e. The van der Waals surface area contributed by atoms with E-state index in [0.29, 0.717) is 5.16 Å². The van der Waals surface area contributed by atoms with Crippen molar-refractivity contribution in [2.45, 2.75) is 31.3 Å². The van der Waals surface area contributed by atoms with Crippen LogP contribution in [-0.2, 0) is 12.8 Å². The lowest BCUT2D eigenvalue weighted by molar-refractivity contribution is 0.509. The van der Waals surface area contributed by atoms with Crippen molar-refractivity contribution in [1.82, 2.24) is 9.97 Å². The lowest BCUT2D eigenvalue weighted by atomic mass is 9.89. The average molecular weight is 266 g/mol. The molecule has 0 fully saturated rings. The SMILES string of the molecule is CSc1nc2sc3c(c2c(=O)[nH]1)CC[C@H](C)C3. The maximum atomic E-state index is 12.1. The zero-order valence-corrected chi connectivity index (χ0v) is 11.5. The molecule has 0 aliphatic heterocycles. The summed E-state index contributed by atoms with van der Waals surface area (Å²) in [6.07, 6.45) is 5.24. The van der Waals surface area contributed by atoms with E-state index in [1.165, 1.54) is 28.6 Å². The highest BCUT2D eigenvalue weighted by Gasteiger charge is 2.22. The van der Waals surface area contributed by atoms with Gasteiger partial charge in [-0.3, -0.25) is 4.79 Å². The molecule has 1 atom stereocenters. The first-order valence-corrected chi connectivity index (χ1v) is 7.81. The van der Waals surface area contributed by atoms with E-state index < -0.39 is 0 Å². The van der Waals surface area contributed by atoms with Crippen LogP contribution in [0.5, 0.6) is 0 Å². The summed E-state index contributed by atoms with van der Waals surface area (Å²) in [6, 6.07) is 0. The van der Waals surface area contributed by atoms with Crippen molar-refractivity contribution in [1.29, 1.82) is 0 Å². The van der Waals surface area contributed by atoms with E-state index in [-0.39, 0.29) is 5.56 Å². The zero-order valence-electron chi connectivity index (χ0n) is 9.87. The third-order valence-corrected chi connectivity index (χ3v) is 5.07. The van der Waals surface area contributed by atoms with Crippen LogP contribution in [0.2, 0.25) is 0 Å². The van der Waals surface area contributed by atoms with Gasteiger partial charge in [0.05, 0.1) is 5.39 Å². The van der Waals surface area contributed by atoms with E-state index in [2.05, 4.69) is 16.9 Å². The average Bonchev–Trinajstić information content (AvgIpc) is 2.66. The van der Waals surface area contributed by atoms with Crippen LogP contribution >= 0.6 is 23.1 Å². The molecule has 2 aromatic heterocycles. The van der Waals surface area contributed by atoms with E-state index in [0.717, 1.165) is 29.0 Å². The number of aromatic nitrogens is 2. The van der Waals surface area contributed by atoms with Gasteiger partial charge in [0.25, 0.3) is 5.56 Å². The molecular weight excluding hydrogens is 252 g/mol. The van der Waals surface area contributed by atoms with E-state index in [1.54, 1.807) is 11.3 Å². The Bertz CT molecular complexity index is 629. The second kappa shape index (κ2) is 4.14. The fourth-order valence-corrected chi connectivity index (χ4v) is 4.24. The van der Waals surface area contributed by atoms with E-state index >= 15 is 0 Å². The molecule has 0 radical (unpaired) electrons. The second-order valence-corrected chi connectivity index (χ2v) is 6.49. The van der Waals surface area contributed by atoms with E-state index in [9.17, 15) is 4.79 Å². The first-order chi connectivity index (χ1) is 8.19. The number of rotatable bonds is 1. The quantitative estimate of drug-likeness (QED) is 0.637. The van der Waals surface area contributed by atoms with Crippen molar-refractivity contribution in [2.24, 2.45) is 5.92 Å². The Morgan fingerprint density at radius 3 is 3.12 bits per heavy atom. The Labute approximate surface area is 108 Å². The summed E-state index contributed by atoms with van der Waals surface area (Å²) >= 11 is 3.19. The van der Waals surface area contributed by atoms with Gasteiger partial charge >= 0.3 is 0 Å². The second-order valence-electron chi connectivity index (χ2n) is 4.61. The number of H-pyrrole nitrogens is 1. The Hall–Kier alpha value is -0.810. The number of thioether (sulfide) groups is 1. The van der Waals surface area contributed by atoms with Gasteiger partial charge in [-0.1, -0.05) is 18.7 Å². The van der Waals surface area contributed by atoms with E-state index in [1.807, 2.05) is 6.26 Å². The van der Waals surface area contributed by atoms with Gasteiger partial charge in [-0.05, 0) is 37.0 Å². The molecule has 3 rings (SSSR count). The van der Waals surface area contributed by atoms with Gasteiger partial charge < -0.3 is 4.98 Å². The van der Waals surface area contributed by atoms with Crippen molar-refractivity contribution in [3.05, 3.63) is 20.8 Å². The number of hydrogen-bond donors (Lipinski definition) is 1. The summed E-state index contributed by atoms with van der Waals surface area (Å²) in [4.78, 5) is 21.7. The van der Waals surface area contributed by atoms with Crippen LogP contribution in [0.4, 0.5) is 0 Å². The summed E-state index contributed by atoms with van der Waals surface area (Å²) < 4.78 is 0. The van der Waals surface area contributed by atoms with Crippen molar-refractivity contribution in [3.8, 4) is 0 Å². The highest BCUT2D eigenvalue weighted by Crippen LogP contribution is 2.35. The third-order valence-electron chi connectivity index (χ3n) is 3.34. The fourth-order valence-electron chi connectivity index (χ4n) is 2.43. The van der Waals surface area contributed by atoms with E-state index in [4.69, 9.17) is 0 Å². The monoisotopic (exact) mass is 266 g/mol. The molecule has 1 N–H and O–H groups in total. The molecule has 1 aliphatic carbocycles. The molecule has 0 aromatic carbocycles. The number of nitrogens with one attached hydrogen (secondary N) is 1.